The minimum Gasteiger partial charge on any atom is -0.459 e. The molecule has 2 atom stereocenters. The van der Waals surface area contributed by atoms with Crippen LogP contribution in [0.4, 0.5) is 0 Å². The highest BCUT2D eigenvalue weighted by Crippen LogP contribution is 2.24. The summed E-state index contributed by atoms with van der Waals surface area (Å²) in [6.45, 7) is 8.38. The number of carbonyl (C=O) groups excluding carboxylic acids is 1. The summed E-state index contributed by atoms with van der Waals surface area (Å²) >= 11 is 0. The summed E-state index contributed by atoms with van der Waals surface area (Å²) in [7, 11) is 0. The van der Waals surface area contributed by atoms with Gasteiger partial charge in [-0.05, 0) is 59.5 Å². The van der Waals surface area contributed by atoms with Gasteiger partial charge >= 0.3 is 5.97 Å². The molecule has 2 unspecified atom stereocenters. The Morgan fingerprint density at radius 1 is 1.26 bits per heavy atom. The zero-order chi connectivity index (χ0) is 13.9. The van der Waals surface area contributed by atoms with E-state index in [1.165, 1.54) is 32.1 Å². The second-order valence-corrected chi connectivity index (χ2v) is 6.82. The Hall–Kier alpha value is -0.610. The molecule has 2 aliphatic heterocycles. The van der Waals surface area contributed by atoms with Crippen LogP contribution in [0.25, 0.3) is 0 Å². The highest BCUT2D eigenvalue weighted by atomic mass is 16.6. The van der Waals surface area contributed by atoms with Gasteiger partial charge in [0.25, 0.3) is 0 Å². The summed E-state index contributed by atoms with van der Waals surface area (Å²) in [6, 6.07) is 1.09. The average Bonchev–Trinajstić information content (AvgIpc) is 2.80. The second kappa shape index (κ2) is 6.23. The monoisotopic (exact) mass is 268 g/mol. The third kappa shape index (κ3) is 4.46. The molecule has 0 bridgehead atoms. The minimum absolute atomic E-state index is 0.0857. The Morgan fingerprint density at radius 3 is 2.68 bits per heavy atom. The van der Waals surface area contributed by atoms with Crippen LogP contribution in [-0.4, -0.2) is 48.2 Å². The molecule has 0 aliphatic carbocycles. The first-order valence-corrected chi connectivity index (χ1v) is 7.65. The quantitative estimate of drug-likeness (QED) is 0.794. The average molecular weight is 268 g/mol. The van der Waals surface area contributed by atoms with Gasteiger partial charge in [-0.3, -0.25) is 9.69 Å². The predicted octanol–water partition coefficient (Wildman–Crippen LogP) is 1.93. The van der Waals surface area contributed by atoms with Crippen LogP contribution < -0.4 is 5.32 Å². The van der Waals surface area contributed by atoms with E-state index in [1.54, 1.807) is 0 Å². The van der Waals surface area contributed by atoms with E-state index < -0.39 is 0 Å². The Labute approximate surface area is 116 Å². The highest BCUT2D eigenvalue weighted by molar-refractivity contribution is 5.72. The van der Waals surface area contributed by atoms with Gasteiger partial charge in [0.05, 0.1) is 6.54 Å². The lowest BCUT2D eigenvalue weighted by Gasteiger charge is -2.39. The number of esters is 1. The van der Waals surface area contributed by atoms with Crippen LogP contribution >= 0.6 is 0 Å². The number of hydrogen-bond acceptors (Lipinski definition) is 4. The van der Waals surface area contributed by atoms with E-state index >= 15 is 0 Å². The molecule has 0 aromatic rings. The predicted molar refractivity (Wildman–Crippen MR) is 76.1 cm³/mol. The Morgan fingerprint density at radius 2 is 2.05 bits per heavy atom. The molecule has 19 heavy (non-hydrogen) atoms. The summed E-state index contributed by atoms with van der Waals surface area (Å²) in [4.78, 5) is 14.3. The van der Waals surface area contributed by atoms with Crippen molar-refractivity contribution in [3.8, 4) is 0 Å². The number of piperidine rings is 1. The molecule has 0 aromatic carbocycles. The van der Waals surface area contributed by atoms with E-state index in [1.807, 2.05) is 20.8 Å². The summed E-state index contributed by atoms with van der Waals surface area (Å²) in [6.07, 6.45) is 6.21. The van der Waals surface area contributed by atoms with Crippen molar-refractivity contribution >= 4 is 5.97 Å². The van der Waals surface area contributed by atoms with E-state index in [0.717, 1.165) is 13.1 Å². The van der Waals surface area contributed by atoms with Crippen LogP contribution in [0.1, 0.15) is 52.9 Å². The van der Waals surface area contributed by atoms with Gasteiger partial charge in [-0.25, -0.2) is 0 Å². The summed E-state index contributed by atoms with van der Waals surface area (Å²) in [5, 5.41) is 3.58. The lowest BCUT2D eigenvalue weighted by molar-refractivity contribution is -0.157. The fraction of sp³-hybridized carbons (Fsp3) is 0.933. The second-order valence-electron chi connectivity index (χ2n) is 6.82. The van der Waals surface area contributed by atoms with Crippen LogP contribution in [-0.2, 0) is 9.53 Å². The van der Waals surface area contributed by atoms with E-state index in [2.05, 4.69) is 10.2 Å². The third-order valence-corrected chi connectivity index (χ3v) is 3.98. The maximum absolute atomic E-state index is 12.0. The van der Waals surface area contributed by atoms with Gasteiger partial charge in [-0.2, -0.15) is 0 Å². The number of likely N-dealkylation sites (tertiary alicyclic amines) is 1. The fourth-order valence-electron chi connectivity index (χ4n) is 3.25. The Balaban J connectivity index is 1.90. The van der Waals surface area contributed by atoms with E-state index in [9.17, 15) is 4.79 Å². The van der Waals surface area contributed by atoms with Gasteiger partial charge in [0, 0.05) is 12.1 Å². The summed E-state index contributed by atoms with van der Waals surface area (Å²) < 4.78 is 5.45. The number of hydrogen-bond donors (Lipinski definition) is 1. The lowest BCUT2D eigenvalue weighted by atomic mass is 9.94. The smallest absolute Gasteiger partial charge is 0.320 e. The van der Waals surface area contributed by atoms with E-state index in [-0.39, 0.29) is 11.6 Å². The number of rotatable bonds is 3. The molecule has 0 saturated carbocycles. The van der Waals surface area contributed by atoms with Crippen molar-refractivity contribution in [2.45, 2.75) is 70.6 Å². The molecular formula is C15H28N2O2. The molecule has 2 rings (SSSR count). The van der Waals surface area contributed by atoms with Gasteiger partial charge in [0.1, 0.15) is 5.60 Å². The molecule has 0 amide bonds. The van der Waals surface area contributed by atoms with Crippen molar-refractivity contribution in [2.75, 3.05) is 19.6 Å². The Kier molecular flexibility index (Phi) is 4.85. The minimum atomic E-state index is -0.381. The number of carbonyl (C=O) groups is 1. The third-order valence-electron chi connectivity index (χ3n) is 3.98. The Bertz CT molecular complexity index is 306. The maximum Gasteiger partial charge on any atom is 0.320 e. The molecular weight excluding hydrogens is 240 g/mol. The zero-order valence-electron chi connectivity index (χ0n) is 12.6. The van der Waals surface area contributed by atoms with Crippen LogP contribution in [0.3, 0.4) is 0 Å². The summed E-state index contributed by atoms with van der Waals surface area (Å²) in [5.41, 5.74) is -0.381. The molecule has 4 heteroatoms. The molecule has 2 heterocycles. The van der Waals surface area contributed by atoms with Crippen molar-refractivity contribution in [3.05, 3.63) is 0 Å². The van der Waals surface area contributed by atoms with Gasteiger partial charge in [-0.1, -0.05) is 6.42 Å². The van der Waals surface area contributed by atoms with Crippen molar-refractivity contribution in [1.29, 1.82) is 0 Å². The molecule has 0 spiro atoms. The number of nitrogens with one attached hydrogen (secondary N) is 1. The number of ether oxygens (including phenoxy) is 1. The first-order valence-electron chi connectivity index (χ1n) is 7.65. The van der Waals surface area contributed by atoms with Gasteiger partial charge < -0.3 is 10.1 Å². The van der Waals surface area contributed by atoms with Crippen LogP contribution in [0.2, 0.25) is 0 Å². The largest absolute Gasteiger partial charge is 0.459 e. The van der Waals surface area contributed by atoms with Crippen LogP contribution in [0.5, 0.6) is 0 Å². The van der Waals surface area contributed by atoms with Gasteiger partial charge in [0.2, 0.25) is 0 Å². The zero-order valence-corrected chi connectivity index (χ0v) is 12.6. The van der Waals surface area contributed by atoms with Crippen LogP contribution in [0.15, 0.2) is 0 Å². The van der Waals surface area contributed by atoms with Crippen molar-refractivity contribution in [1.82, 2.24) is 10.2 Å². The fourth-order valence-corrected chi connectivity index (χ4v) is 3.25. The van der Waals surface area contributed by atoms with E-state index in [4.69, 9.17) is 4.74 Å². The molecule has 2 fully saturated rings. The van der Waals surface area contributed by atoms with E-state index in [0.29, 0.717) is 18.6 Å². The maximum atomic E-state index is 12.0. The standard InChI is InChI=1S/C15H28N2O2/c1-15(2,3)19-14(18)11-17-10-5-4-8-13(17)12-7-6-9-16-12/h12-13,16H,4-11H2,1-3H3. The SMILES string of the molecule is CC(C)(C)OC(=O)CN1CCCCC1C1CCCN1. The molecule has 2 aliphatic rings. The van der Waals surface area contributed by atoms with Gasteiger partial charge in [-0.15, -0.1) is 0 Å². The van der Waals surface area contributed by atoms with Crippen molar-refractivity contribution < 1.29 is 9.53 Å². The topological polar surface area (TPSA) is 41.6 Å². The normalized spacial score (nSPS) is 29.4. The highest BCUT2D eigenvalue weighted by Gasteiger charge is 2.33. The molecule has 0 radical (unpaired) electrons. The lowest BCUT2D eigenvalue weighted by Crippen LogP contribution is -2.52. The molecule has 4 nitrogen and oxygen atoms in total. The first-order chi connectivity index (χ1) is 8.96. The first kappa shape index (κ1) is 14.8. The number of nitrogens with zero attached hydrogens (tertiary/aromatic N) is 1. The van der Waals surface area contributed by atoms with Crippen LogP contribution in [0, 0.1) is 0 Å². The van der Waals surface area contributed by atoms with Gasteiger partial charge in [0.15, 0.2) is 0 Å². The molecule has 1 N–H and O–H groups in total. The summed E-state index contributed by atoms with van der Waals surface area (Å²) in [5.74, 6) is -0.0857. The molecule has 0 aromatic heterocycles. The molecule has 2 saturated heterocycles. The van der Waals surface area contributed by atoms with Crippen molar-refractivity contribution in [3.63, 3.8) is 0 Å². The van der Waals surface area contributed by atoms with Crippen molar-refractivity contribution in [2.24, 2.45) is 0 Å². The molecule has 110 valence electrons.